The summed E-state index contributed by atoms with van der Waals surface area (Å²) in [4.78, 5) is 25.0. The summed E-state index contributed by atoms with van der Waals surface area (Å²) in [6.45, 7) is 0.897. The SMILES string of the molecule is O=c1ccn([C@@H]2O[C@H](CNCc3ccccc3)[C@@H](O)[C@H]2O)c(=O)[nH]1. The van der Waals surface area contributed by atoms with Gasteiger partial charge in [0.15, 0.2) is 6.23 Å². The van der Waals surface area contributed by atoms with Crippen LogP contribution < -0.4 is 16.6 Å². The van der Waals surface area contributed by atoms with E-state index in [1.54, 1.807) is 0 Å². The third-order valence-electron chi connectivity index (χ3n) is 3.98. The average molecular weight is 333 g/mol. The van der Waals surface area contributed by atoms with Crippen LogP contribution in [0.1, 0.15) is 11.8 Å². The van der Waals surface area contributed by atoms with Gasteiger partial charge in [-0.25, -0.2) is 4.79 Å². The topological polar surface area (TPSA) is 117 Å². The van der Waals surface area contributed by atoms with Gasteiger partial charge in [0.25, 0.3) is 5.56 Å². The van der Waals surface area contributed by atoms with Crippen LogP contribution in [0, 0.1) is 0 Å². The molecule has 1 aliphatic heterocycles. The molecule has 1 fully saturated rings. The fourth-order valence-corrected chi connectivity index (χ4v) is 2.71. The second-order valence-corrected chi connectivity index (χ2v) is 5.68. The summed E-state index contributed by atoms with van der Waals surface area (Å²) in [6.07, 6.45) is -2.89. The molecule has 4 atom stereocenters. The molecule has 4 N–H and O–H groups in total. The maximum Gasteiger partial charge on any atom is 0.330 e. The minimum atomic E-state index is -1.27. The van der Waals surface area contributed by atoms with Gasteiger partial charge in [-0.05, 0) is 5.56 Å². The summed E-state index contributed by atoms with van der Waals surface area (Å²) in [7, 11) is 0. The van der Waals surface area contributed by atoms with Crippen molar-refractivity contribution >= 4 is 0 Å². The number of hydrogen-bond acceptors (Lipinski definition) is 6. The number of aliphatic hydroxyl groups is 2. The van der Waals surface area contributed by atoms with E-state index in [0.717, 1.165) is 16.2 Å². The maximum atomic E-state index is 11.8. The highest BCUT2D eigenvalue weighted by atomic mass is 16.6. The molecular formula is C16H19N3O5. The van der Waals surface area contributed by atoms with Gasteiger partial charge in [-0.15, -0.1) is 0 Å². The zero-order chi connectivity index (χ0) is 17.1. The number of ether oxygens (including phenoxy) is 1. The molecular weight excluding hydrogens is 314 g/mol. The summed E-state index contributed by atoms with van der Waals surface area (Å²) in [5.74, 6) is 0. The molecule has 2 heterocycles. The molecule has 2 aromatic rings. The van der Waals surface area contributed by atoms with Crippen molar-refractivity contribution in [1.82, 2.24) is 14.9 Å². The number of benzene rings is 1. The van der Waals surface area contributed by atoms with Crippen molar-refractivity contribution in [2.75, 3.05) is 6.54 Å². The molecule has 0 spiro atoms. The molecule has 0 radical (unpaired) electrons. The van der Waals surface area contributed by atoms with Crippen LogP contribution >= 0.6 is 0 Å². The lowest BCUT2D eigenvalue weighted by Gasteiger charge is -2.16. The number of hydrogen-bond donors (Lipinski definition) is 4. The fourth-order valence-electron chi connectivity index (χ4n) is 2.71. The molecule has 1 aromatic heterocycles. The molecule has 0 bridgehead atoms. The van der Waals surface area contributed by atoms with Crippen LogP contribution in [0.25, 0.3) is 0 Å². The molecule has 8 heteroatoms. The molecule has 128 valence electrons. The summed E-state index contributed by atoms with van der Waals surface area (Å²) in [6, 6.07) is 10.9. The van der Waals surface area contributed by atoms with Crippen LogP contribution in [0.2, 0.25) is 0 Å². The van der Waals surface area contributed by atoms with Crippen LogP contribution in [-0.2, 0) is 11.3 Å². The van der Waals surface area contributed by atoms with E-state index in [2.05, 4.69) is 10.3 Å². The lowest BCUT2D eigenvalue weighted by atomic mass is 10.1. The quantitative estimate of drug-likeness (QED) is 0.555. The average Bonchev–Trinajstić information content (AvgIpc) is 2.84. The van der Waals surface area contributed by atoms with Crippen molar-refractivity contribution in [3.8, 4) is 0 Å². The molecule has 24 heavy (non-hydrogen) atoms. The van der Waals surface area contributed by atoms with E-state index < -0.39 is 35.8 Å². The zero-order valence-corrected chi connectivity index (χ0v) is 12.8. The number of nitrogens with one attached hydrogen (secondary N) is 2. The fraction of sp³-hybridized carbons (Fsp3) is 0.375. The standard InChI is InChI=1S/C16H19N3O5/c20-12-6-7-19(16(23)18-12)15-14(22)13(21)11(24-15)9-17-8-10-4-2-1-3-5-10/h1-7,11,13-15,17,21-22H,8-9H2,(H,18,20,23)/t11-,13-,14-,15-/m1/s1. The number of aliphatic hydroxyl groups excluding tert-OH is 2. The zero-order valence-electron chi connectivity index (χ0n) is 12.8. The minimum absolute atomic E-state index is 0.307. The predicted octanol–water partition coefficient (Wildman–Crippen LogP) is -1.05. The third kappa shape index (κ3) is 3.46. The normalized spacial score (nSPS) is 26.6. The molecule has 1 aromatic carbocycles. The summed E-state index contributed by atoms with van der Waals surface area (Å²) in [5.41, 5.74) is -0.152. The van der Waals surface area contributed by atoms with Crippen molar-refractivity contribution in [2.45, 2.75) is 31.1 Å². The van der Waals surface area contributed by atoms with Crippen molar-refractivity contribution in [2.24, 2.45) is 0 Å². The third-order valence-corrected chi connectivity index (χ3v) is 3.98. The second-order valence-electron chi connectivity index (χ2n) is 5.68. The lowest BCUT2D eigenvalue weighted by Crippen LogP contribution is -2.38. The molecule has 0 saturated carbocycles. The number of nitrogens with zero attached hydrogens (tertiary/aromatic N) is 1. The smallest absolute Gasteiger partial charge is 0.330 e. The van der Waals surface area contributed by atoms with Gasteiger partial charge in [-0.1, -0.05) is 30.3 Å². The van der Waals surface area contributed by atoms with E-state index in [1.165, 1.54) is 6.20 Å². The van der Waals surface area contributed by atoms with Gasteiger partial charge >= 0.3 is 5.69 Å². The lowest BCUT2D eigenvalue weighted by molar-refractivity contribution is -0.0392. The van der Waals surface area contributed by atoms with E-state index in [-0.39, 0.29) is 0 Å². The molecule has 0 amide bonds. The molecule has 3 rings (SSSR count). The number of rotatable bonds is 5. The van der Waals surface area contributed by atoms with Gasteiger partial charge < -0.3 is 20.3 Å². The van der Waals surface area contributed by atoms with Crippen molar-refractivity contribution in [3.05, 3.63) is 69.0 Å². The molecule has 0 unspecified atom stereocenters. The van der Waals surface area contributed by atoms with Crippen molar-refractivity contribution < 1.29 is 14.9 Å². The molecule has 8 nitrogen and oxygen atoms in total. The Morgan fingerprint density at radius 1 is 1.12 bits per heavy atom. The van der Waals surface area contributed by atoms with E-state index in [0.29, 0.717) is 13.1 Å². The Labute approximate surface area is 137 Å². The highest BCUT2D eigenvalue weighted by molar-refractivity contribution is 5.14. The van der Waals surface area contributed by atoms with E-state index in [4.69, 9.17) is 4.74 Å². The van der Waals surface area contributed by atoms with Crippen LogP contribution in [-0.4, -0.2) is 44.6 Å². The first-order valence-electron chi connectivity index (χ1n) is 7.64. The summed E-state index contributed by atoms with van der Waals surface area (Å²) in [5, 5.41) is 23.4. The van der Waals surface area contributed by atoms with E-state index >= 15 is 0 Å². The Bertz CT molecular complexity index is 788. The largest absolute Gasteiger partial charge is 0.387 e. The van der Waals surface area contributed by atoms with Crippen molar-refractivity contribution in [1.29, 1.82) is 0 Å². The molecule has 1 aliphatic rings. The summed E-state index contributed by atoms with van der Waals surface area (Å²) >= 11 is 0. The van der Waals surface area contributed by atoms with E-state index in [1.807, 2.05) is 30.3 Å². The molecule has 0 aliphatic carbocycles. The van der Waals surface area contributed by atoms with Gasteiger partial charge in [0, 0.05) is 25.4 Å². The van der Waals surface area contributed by atoms with Crippen LogP contribution in [0.3, 0.4) is 0 Å². The van der Waals surface area contributed by atoms with Crippen LogP contribution in [0.4, 0.5) is 0 Å². The van der Waals surface area contributed by atoms with Crippen LogP contribution in [0.15, 0.2) is 52.2 Å². The van der Waals surface area contributed by atoms with Crippen molar-refractivity contribution in [3.63, 3.8) is 0 Å². The first-order valence-corrected chi connectivity index (χ1v) is 7.64. The number of H-pyrrole nitrogens is 1. The Morgan fingerprint density at radius 2 is 1.88 bits per heavy atom. The Kier molecular flexibility index (Phi) is 4.91. The van der Waals surface area contributed by atoms with Crippen LogP contribution in [0.5, 0.6) is 0 Å². The van der Waals surface area contributed by atoms with Gasteiger partial charge in [0.1, 0.15) is 18.3 Å². The number of aromatic nitrogens is 2. The first-order chi connectivity index (χ1) is 11.6. The van der Waals surface area contributed by atoms with Gasteiger partial charge in [-0.2, -0.15) is 0 Å². The maximum absolute atomic E-state index is 11.8. The Morgan fingerprint density at radius 3 is 2.58 bits per heavy atom. The Hall–Kier alpha value is -2.26. The van der Waals surface area contributed by atoms with Gasteiger partial charge in [0.05, 0.1) is 0 Å². The van der Waals surface area contributed by atoms with E-state index in [9.17, 15) is 19.8 Å². The summed E-state index contributed by atoms with van der Waals surface area (Å²) < 4.78 is 6.67. The Balaban J connectivity index is 1.64. The predicted molar refractivity (Wildman–Crippen MR) is 85.4 cm³/mol. The second kappa shape index (κ2) is 7.10. The molecule has 1 saturated heterocycles. The monoisotopic (exact) mass is 333 g/mol. The van der Waals surface area contributed by atoms with Gasteiger partial charge in [0.2, 0.25) is 0 Å². The highest BCUT2D eigenvalue weighted by Gasteiger charge is 2.43. The van der Waals surface area contributed by atoms with Gasteiger partial charge in [-0.3, -0.25) is 14.3 Å². The first kappa shape index (κ1) is 16.6. The highest BCUT2D eigenvalue weighted by Crippen LogP contribution is 2.27. The number of aromatic amines is 1. The minimum Gasteiger partial charge on any atom is -0.387 e.